The Balaban J connectivity index is 1.66. The summed E-state index contributed by atoms with van der Waals surface area (Å²) in [6.07, 6.45) is 3.92. The van der Waals surface area contributed by atoms with Crippen LogP contribution in [0.5, 0.6) is 0 Å². The van der Waals surface area contributed by atoms with Crippen LogP contribution >= 0.6 is 0 Å². The van der Waals surface area contributed by atoms with Gasteiger partial charge in [-0.1, -0.05) is 6.42 Å². The molecule has 2 heterocycles. The molecule has 0 radical (unpaired) electrons. The lowest BCUT2D eigenvalue weighted by atomic mass is 10.1. The van der Waals surface area contributed by atoms with E-state index in [1.807, 2.05) is 0 Å². The van der Waals surface area contributed by atoms with Crippen LogP contribution in [0.2, 0.25) is 0 Å². The van der Waals surface area contributed by atoms with Gasteiger partial charge >= 0.3 is 0 Å². The van der Waals surface area contributed by atoms with Crippen molar-refractivity contribution in [2.45, 2.75) is 25.3 Å². The van der Waals surface area contributed by atoms with Crippen molar-refractivity contribution in [2.24, 2.45) is 4.99 Å². The number of piperidine rings is 1. The second-order valence-corrected chi connectivity index (χ2v) is 3.56. The molecule has 4 nitrogen and oxygen atoms in total. The Hall–Kier alpha value is -0.770. The maximum Gasteiger partial charge on any atom is 0.284 e. The summed E-state index contributed by atoms with van der Waals surface area (Å²) in [6, 6.07) is 1.33. The molecule has 1 atom stereocenters. The highest BCUT2D eigenvalue weighted by Crippen LogP contribution is 2.05. The molecule has 2 aliphatic heterocycles. The summed E-state index contributed by atoms with van der Waals surface area (Å²) < 4.78 is 5.26. The van der Waals surface area contributed by atoms with E-state index < -0.39 is 0 Å². The Labute approximate surface area is 78.8 Å². The van der Waals surface area contributed by atoms with E-state index in [4.69, 9.17) is 4.74 Å². The summed E-state index contributed by atoms with van der Waals surface area (Å²) >= 11 is 0. The minimum atomic E-state index is 0.598. The molecule has 2 N–H and O–H groups in total. The van der Waals surface area contributed by atoms with Crippen molar-refractivity contribution < 1.29 is 4.74 Å². The quantitative estimate of drug-likeness (QED) is 0.638. The molecule has 2 aliphatic rings. The van der Waals surface area contributed by atoms with Gasteiger partial charge in [0.2, 0.25) is 0 Å². The van der Waals surface area contributed by atoms with Crippen LogP contribution < -0.4 is 10.6 Å². The highest BCUT2D eigenvalue weighted by molar-refractivity contribution is 5.74. The number of hydrogen-bond acceptors (Lipinski definition) is 4. The Morgan fingerprint density at radius 1 is 1.54 bits per heavy atom. The van der Waals surface area contributed by atoms with Crippen molar-refractivity contribution in [1.82, 2.24) is 10.6 Å². The summed E-state index contributed by atoms with van der Waals surface area (Å²) in [4.78, 5) is 4.18. The highest BCUT2D eigenvalue weighted by Gasteiger charge is 2.14. The van der Waals surface area contributed by atoms with E-state index in [0.717, 1.165) is 32.3 Å². The molecular formula is C9H17N3O. The summed E-state index contributed by atoms with van der Waals surface area (Å²) in [7, 11) is 0. The van der Waals surface area contributed by atoms with Gasteiger partial charge in [0.1, 0.15) is 6.61 Å². The summed E-state index contributed by atoms with van der Waals surface area (Å²) in [5.74, 6) is 0. The molecule has 0 aromatic rings. The van der Waals surface area contributed by atoms with Crippen LogP contribution in [-0.4, -0.2) is 38.3 Å². The van der Waals surface area contributed by atoms with Gasteiger partial charge in [-0.05, 0) is 19.4 Å². The highest BCUT2D eigenvalue weighted by atomic mass is 16.5. The van der Waals surface area contributed by atoms with Gasteiger partial charge in [0.05, 0.1) is 6.54 Å². The first kappa shape index (κ1) is 8.81. The molecule has 0 saturated carbocycles. The average molecular weight is 183 g/mol. The third-order valence-electron chi connectivity index (χ3n) is 2.50. The Morgan fingerprint density at radius 2 is 2.54 bits per heavy atom. The number of aliphatic imine (C=N–C) groups is 1. The normalized spacial score (nSPS) is 28.0. The number of nitrogens with one attached hydrogen (secondary N) is 2. The maximum absolute atomic E-state index is 5.26. The molecule has 1 fully saturated rings. The molecule has 0 bridgehead atoms. The van der Waals surface area contributed by atoms with Crippen molar-refractivity contribution in [3.05, 3.63) is 0 Å². The minimum Gasteiger partial charge on any atom is -0.463 e. The lowest BCUT2D eigenvalue weighted by molar-refractivity contribution is 0.323. The first-order valence-corrected chi connectivity index (χ1v) is 5.09. The third kappa shape index (κ3) is 2.59. The van der Waals surface area contributed by atoms with Crippen molar-refractivity contribution in [3.8, 4) is 0 Å². The SMILES string of the molecule is C1CCC(CNC2=NCCO2)NC1. The maximum atomic E-state index is 5.26. The molecule has 0 spiro atoms. The van der Waals surface area contributed by atoms with Crippen LogP contribution in [0.1, 0.15) is 19.3 Å². The van der Waals surface area contributed by atoms with E-state index in [2.05, 4.69) is 15.6 Å². The zero-order chi connectivity index (χ0) is 8.93. The Morgan fingerprint density at radius 3 is 3.23 bits per heavy atom. The number of nitrogens with zero attached hydrogens (tertiary/aromatic N) is 1. The zero-order valence-electron chi connectivity index (χ0n) is 7.88. The van der Waals surface area contributed by atoms with Crippen LogP contribution in [-0.2, 0) is 4.74 Å². The Bertz CT molecular complexity index is 187. The molecular weight excluding hydrogens is 166 g/mol. The number of ether oxygens (including phenoxy) is 1. The van der Waals surface area contributed by atoms with Crippen LogP contribution in [0.15, 0.2) is 4.99 Å². The van der Waals surface area contributed by atoms with Gasteiger partial charge in [0.25, 0.3) is 6.02 Å². The fourth-order valence-corrected chi connectivity index (χ4v) is 1.75. The standard InChI is InChI=1S/C9H17N3O/c1-2-4-10-8(3-1)7-12-9-11-5-6-13-9/h8,10H,1-7H2,(H,11,12). The number of rotatable bonds is 2. The molecule has 74 valence electrons. The molecule has 0 amide bonds. The van der Waals surface area contributed by atoms with E-state index in [0.29, 0.717) is 6.04 Å². The lowest BCUT2D eigenvalue weighted by Crippen LogP contribution is -2.43. The summed E-state index contributed by atoms with van der Waals surface area (Å²) in [5.41, 5.74) is 0. The van der Waals surface area contributed by atoms with E-state index in [1.165, 1.54) is 19.3 Å². The van der Waals surface area contributed by atoms with Gasteiger partial charge in [0, 0.05) is 12.6 Å². The second-order valence-electron chi connectivity index (χ2n) is 3.56. The molecule has 0 aliphatic carbocycles. The predicted molar refractivity (Wildman–Crippen MR) is 51.9 cm³/mol. The molecule has 1 unspecified atom stereocenters. The predicted octanol–water partition coefficient (Wildman–Crippen LogP) is 0.104. The smallest absolute Gasteiger partial charge is 0.284 e. The minimum absolute atomic E-state index is 0.598. The van der Waals surface area contributed by atoms with E-state index in [9.17, 15) is 0 Å². The van der Waals surface area contributed by atoms with Crippen LogP contribution in [0.4, 0.5) is 0 Å². The molecule has 2 rings (SSSR count). The summed E-state index contributed by atoms with van der Waals surface area (Å²) in [6.45, 7) is 3.64. The fourth-order valence-electron chi connectivity index (χ4n) is 1.75. The van der Waals surface area contributed by atoms with Crippen molar-refractivity contribution in [2.75, 3.05) is 26.2 Å². The topological polar surface area (TPSA) is 45.7 Å². The van der Waals surface area contributed by atoms with Gasteiger partial charge in [0.15, 0.2) is 0 Å². The van der Waals surface area contributed by atoms with Crippen molar-refractivity contribution >= 4 is 6.02 Å². The summed E-state index contributed by atoms with van der Waals surface area (Å²) in [5, 5.41) is 6.69. The molecule has 13 heavy (non-hydrogen) atoms. The van der Waals surface area contributed by atoms with Gasteiger partial charge in [-0.15, -0.1) is 0 Å². The van der Waals surface area contributed by atoms with Gasteiger partial charge in [-0.3, -0.25) is 0 Å². The van der Waals surface area contributed by atoms with Crippen LogP contribution in [0, 0.1) is 0 Å². The van der Waals surface area contributed by atoms with Crippen LogP contribution in [0.3, 0.4) is 0 Å². The molecule has 0 aromatic carbocycles. The first-order chi connectivity index (χ1) is 6.45. The lowest BCUT2D eigenvalue weighted by Gasteiger charge is -2.23. The fraction of sp³-hybridized carbons (Fsp3) is 0.889. The van der Waals surface area contributed by atoms with Gasteiger partial charge in [-0.2, -0.15) is 0 Å². The average Bonchev–Trinajstić information content (AvgIpc) is 2.69. The number of hydrogen-bond donors (Lipinski definition) is 2. The van der Waals surface area contributed by atoms with Gasteiger partial charge < -0.3 is 15.4 Å². The largest absolute Gasteiger partial charge is 0.463 e. The monoisotopic (exact) mass is 183 g/mol. The third-order valence-corrected chi connectivity index (χ3v) is 2.50. The van der Waals surface area contributed by atoms with Crippen molar-refractivity contribution in [3.63, 3.8) is 0 Å². The molecule has 0 aromatic heterocycles. The van der Waals surface area contributed by atoms with Gasteiger partial charge in [-0.25, -0.2) is 4.99 Å². The first-order valence-electron chi connectivity index (χ1n) is 5.09. The Kier molecular flexibility index (Phi) is 3.02. The molecule has 1 saturated heterocycles. The van der Waals surface area contributed by atoms with Crippen LogP contribution in [0.25, 0.3) is 0 Å². The molecule has 4 heteroatoms. The van der Waals surface area contributed by atoms with E-state index in [1.54, 1.807) is 0 Å². The van der Waals surface area contributed by atoms with E-state index in [-0.39, 0.29) is 0 Å². The number of amidine groups is 1. The van der Waals surface area contributed by atoms with E-state index >= 15 is 0 Å². The zero-order valence-corrected chi connectivity index (χ0v) is 7.88. The second kappa shape index (κ2) is 4.46. The van der Waals surface area contributed by atoms with Crippen molar-refractivity contribution in [1.29, 1.82) is 0 Å².